The van der Waals surface area contributed by atoms with Crippen LogP contribution < -0.4 is 0 Å². The number of hydrogen-bond acceptors (Lipinski definition) is 3. The molecule has 0 saturated heterocycles. The van der Waals surface area contributed by atoms with E-state index in [1.807, 2.05) is 31.2 Å². The Morgan fingerprint density at radius 2 is 1.74 bits per heavy atom. The number of aliphatic hydroxyl groups is 1. The first-order valence-electron chi connectivity index (χ1n) is 6.21. The van der Waals surface area contributed by atoms with E-state index >= 15 is 0 Å². The van der Waals surface area contributed by atoms with Gasteiger partial charge in [0.25, 0.3) is 0 Å². The first-order chi connectivity index (χ1) is 9.26. The van der Waals surface area contributed by atoms with Gasteiger partial charge in [0, 0.05) is 11.3 Å². The van der Waals surface area contributed by atoms with Crippen LogP contribution in [-0.4, -0.2) is 15.1 Å². The number of nitrogens with zero attached hydrogens (tertiary/aromatic N) is 2. The van der Waals surface area contributed by atoms with Crippen molar-refractivity contribution in [2.45, 2.75) is 13.5 Å². The Kier molecular flexibility index (Phi) is 2.97. The van der Waals surface area contributed by atoms with Crippen LogP contribution in [0.15, 0.2) is 48.5 Å². The van der Waals surface area contributed by atoms with Gasteiger partial charge in [-0.2, -0.15) is 0 Å². The Morgan fingerprint density at radius 3 is 2.53 bits per heavy atom. The lowest BCUT2D eigenvalue weighted by Crippen LogP contribution is -1.98. The molecule has 0 unspecified atom stereocenters. The van der Waals surface area contributed by atoms with Gasteiger partial charge in [-0.3, -0.25) is 0 Å². The van der Waals surface area contributed by atoms with Crippen LogP contribution in [-0.2, 0) is 6.61 Å². The molecule has 0 atom stereocenters. The van der Waals surface area contributed by atoms with Crippen molar-refractivity contribution in [1.82, 2.24) is 9.97 Å². The maximum Gasteiger partial charge on any atom is 0.154 e. The highest BCUT2D eigenvalue weighted by atomic mass is 16.3. The summed E-state index contributed by atoms with van der Waals surface area (Å²) in [6.07, 6.45) is 0. The lowest BCUT2D eigenvalue weighted by molar-refractivity contribution is 0.271. The molecule has 94 valence electrons. The molecule has 0 fully saturated rings. The van der Waals surface area contributed by atoms with Crippen molar-refractivity contribution in [3.05, 3.63) is 60.0 Å². The molecule has 0 aliphatic rings. The summed E-state index contributed by atoms with van der Waals surface area (Å²) in [4.78, 5) is 8.55. The summed E-state index contributed by atoms with van der Waals surface area (Å²) < 4.78 is 0. The maximum atomic E-state index is 9.18. The van der Waals surface area contributed by atoms with Gasteiger partial charge in [-0.15, -0.1) is 0 Å². The number of aromatic nitrogens is 2. The van der Waals surface area contributed by atoms with E-state index in [2.05, 4.69) is 34.2 Å². The highest BCUT2D eigenvalue weighted by molar-refractivity contribution is 5.86. The fourth-order valence-electron chi connectivity index (χ4n) is 2.20. The number of hydrogen-bond donors (Lipinski definition) is 1. The van der Waals surface area contributed by atoms with Crippen LogP contribution in [0.3, 0.4) is 0 Å². The van der Waals surface area contributed by atoms with Gasteiger partial charge in [-0.25, -0.2) is 9.97 Å². The summed E-state index contributed by atoms with van der Waals surface area (Å²) in [7, 11) is 0. The predicted molar refractivity (Wildman–Crippen MR) is 75.6 cm³/mol. The molecule has 19 heavy (non-hydrogen) atoms. The SMILES string of the molecule is Cc1cc(-c2ccc3ccccc3c2)nc(CO)n1. The molecule has 3 aromatic rings. The zero-order chi connectivity index (χ0) is 13.2. The summed E-state index contributed by atoms with van der Waals surface area (Å²) in [5.74, 6) is 0.461. The molecule has 1 N–H and O–H groups in total. The third kappa shape index (κ3) is 2.33. The minimum atomic E-state index is -0.137. The highest BCUT2D eigenvalue weighted by Crippen LogP contribution is 2.23. The summed E-state index contributed by atoms with van der Waals surface area (Å²) in [6, 6.07) is 16.4. The molecule has 0 aliphatic carbocycles. The molecular formula is C16H14N2O. The zero-order valence-electron chi connectivity index (χ0n) is 10.7. The Hall–Kier alpha value is -2.26. The van der Waals surface area contributed by atoms with Crippen LogP contribution in [0.1, 0.15) is 11.5 Å². The van der Waals surface area contributed by atoms with Crippen molar-refractivity contribution >= 4 is 10.8 Å². The summed E-state index contributed by atoms with van der Waals surface area (Å²) in [5, 5.41) is 11.6. The van der Waals surface area contributed by atoms with E-state index in [1.165, 1.54) is 10.8 Å². The third-order valence-corrected chi connectivity index (χ3v) is 3.09. The van der Waals surface area contributed by atoms with E-state index in [0.29, 0.717) is 5.82 Å². The number of aryl methyl sites for hydroxylation is 1. The predicted octanol–water partition coefficient (Wildman–Crippen LogP) is 3.10. The normalized spacial score (nSPS) is 10.8. The van der Waals surface area contributed by atoms with Gasteiger partial charge < -0.3 is 5.11 Å². The molecule has 0 saturated carbocycles. The fourth-order valence-corrected chi connectivity index (χ4v) is 2.20. The van der Waals surface area contributed by atoms with Crippen LogP contribution in [0, 0.1) is 6.92 Å². The average molecular weight is 250 g/mol. The zero-order valence-corrected chi connectivity index (χ0v) is 10.7. The van der Waals surface area contributed by atoms with Crippen molar-refractivity contribution in [3.8, 4) is 11.3 Å². The smallest absolute Gasteiger partial charge is 0.154 e. The van der Waals surface area contributed by atoms with E-state index in [0.717, 1.165) is 17.0 Å². The van der Waals surface area contributed by atoms with Gasteiger partial charge in [-0.1, -0.05) is 36.4 Å². The minimum Gasteiger partial charge on any atom is -0.388 e. The van der Waals surface area contributed by atoms with Crippen molar-refractivity contribution in [2.24, 2.45) is 0 Å². The third-order valence-electron chi connectivity index (χ3n) is 3.09. The van der Waals surface area contributed by atoms with Crippen LogP contribution >= 0.6 is 0 Å². The molecule has 2 aromatic carbocycles. The Bertz CT molecular complexity index is 738. The van der Waals surface area contributed by atoms with E-state index in [9.17, 15) is 5.11 Å². The van der Waals surface area contributed by atoms with E-state index in [1.54, 1.807) is 0 Å². The Morgan fingerprint density at radius 1 is 0.947 bits per heavy atom. The molecule has 3 heteroatoms. The standard InChI is InChI=1S/C16H14N2O/c1-11-8-15(18-16(10-19)17-11)14-7-6-12-4-2-3-5-13(12)9-14/h2-9,19H,10H2,1H3. The molecule has 1 aromatic heterocycles. The Labute approximate surface area is 111 Å². The maximum absolute atomic E-state index is 9.18. The number of fused-ring (bicyclic) bond motifs is 1. The van der Waals surface area contributed by atoms with Gasteiger partial charge in [0.15, 0.2) is 5.82 Å². The van der Waals surface area contributed by atoms with Crippen molar-refractivity contribution in [2.75, 3.05) is 0 Å². The lowest BCUT2D eigenvalue weighted by Gasteiger charge is -2.06. The first-order valence-corrected chi connectivity index (χ1v) is 6.21. The second-order valence-electron chi connectivity index (χ2n) is 4.53. The second-order valence-corrected chi connectivity index (χ2v) is 4.53. The van der Waals surface area contributed by atoms with Crippen LogP contribution in [0.25, 0.3) is 22.0 Å². The number of benzene rings is 2. The summed E-state index contributed by atoms with van der Waals surface area (Å²) in [5.41, 5.74) is 2.75. The van der Waals surface area contributed by atoms with Crippen molar-refractivity contribution < 1.29 is 5.11 Å². The van der Waals surface area contributed by atoms with E-state index < -0.39 is 0 Å². The van der Waals surface area contributed by atoms with Gasteiger partial charge in [0.05, 0.1) is 5.69 Å². The molecule has 0 aliphatic heterocycles. The molecule has 0 bridgehead atoms. The van der Waals surface area contributed by atoms with Crippen LogP contribution in [0.2, 0.25) is 0 Å². The van der Waals surface area contributed by atoms with Gasteiger partial charge in [0.1, 0.15) is 6.61 Å². The van der Waals surface area contributed by atoms with Crippen molar-refractivity contribution in [1.29, 1.82) is 0 Å². The summed E-state index contributed by atoms with van der Waals surface area (Å²) in [6.45, 7) is 1.77. The first kappa shape index (κ1) is 11.8. The highest BCUT2D eigenvalue weighted by Gasteiger charge is 2.05. The quantitative estimate of drug-likeness (QED) is 0.760. The van der Waals surface area contributed by atoms with Crippen molar-refractivity contribution in [3.63, 3.8) is 0 Å². The monoisotopic (exact) mass is 250 g/mol. The van der Waals surface area contributed by atoms with Crippen LogP contribution in [0.5, 0.6) is 0 Å². The Balaban J connectivity index is 2.15. The molecule has 3 nitrogen and oxygen atoms in total. The second kappa shape index (κ2) is 4.78. The largest absolute Gasteiger partial charge is 0.388 e. The van der Waals surface area contributed by atoms with Gasteiger partial charge in [0.2, 0.25) is 0 Å². The average Bonchev–Trinajstić information content (AvgIpc) is 2.46. The molecule has 0 amide bonds. The van der Waals surface area contributed by atoms with E-state index in [4.69, 9.17) is 0 Å². The topological polar surface area (TPSA) is 46.0 Å². The number of rotatable bonds is 2. The number of aliphatic hydroxyl groups excluding tert-OH is 1. The molecule has 0 spiro atoms. The van der Waals surface area contributed by atoms with E-state index in [-0.39, 0.29) is 6.61 Å². The van der Waals surface area contributed by atoms with Gasteiger partial charge in [-0.05, 0) is 29.8 Å². The summed E-state index contributed by atoms with van der Waals surface area (Å²) >= 11 is 0. The molecule has 3 rings (SSSR count). The lowest BCUT2D eigenvalue weighted by atomic mass is 10.0. The fraction of sp³-hybridized carbons (Fsp3) is 0.125. The molecule has 1 heterocycles. The molecular weight excluding hydrogens is 236 g/mol. The minimum absolute atomic E-state index is 0.137. The van der Waals surface area contributed by atoms with Crippen LogP contribution in [0.4, 0.5) is 0 Å². The molecule has 0 radical (unpaired) electrons. The van der Waals surface area contributed by atoms with Gasteiger partial charge >= 0.3 is 0 Å².